The largest absolute Gasteiger partial charge is 0.493 e. The molecule has 1 aliphatic carbocycles. The smallest absolute Gasteiger partial charge is 0.251 e. The van der Waals surface area contributed by atoms with E-state index in [-0.39, 0.29) is 30.5 Å². The summed E-state index contributed by atoms with van der Waals surface area (Å²) in [6.45, 7) is 2.28. The van der Waals surface area contributed by atoms with Gasteiger partial charge >= 0.3 is 0 Å². The second kappa shape index (κ2) is 8.86. The van der Waals surface area contributed by atoms with E-state index in [0.29, 0.717) is 23.6 Å². The molecule has 3 N–H and O–H groups in total. The molecule has 0 heterocycles. The highest BCUT2D eigenvalue weighted by Gasteiger charge is 2.19. The fourth-order valence-corrected chi connectivity index (χ4v) is 2.46. The standard InChI is InChI=1S/C16H24N2O3.ClH/c1-11(10-17)18-16(19)12-7-8-14(15(9-12)20-2)21-13-5-3-4-6-13;/h7-9,11,13H,3-6,10,17H2,1-2H3,(H,18,19);1H/t11-;/m0./s1. The number of nitrogens with one attached hydrogen (secondary N) is 1. The lowest BCUT2D eigenvalue weighted by Gasteiger charge is -2.17. The minimum absolute atomic E-state index is 0. The van der Waals surface area contributed by atoms with Crippen LogP contribution in [0, 0.1) is 0 Å². The van der Waals surface area contributed by atoms with Crippen LogP contribution in [0.2, 0.25) is 0 Å². The molecule has 1 atom stereocenters. The number of hydrogen-bond acceptors (Lipinski definition) is 4. The second-order valence-electron chi connectivity index (χ2n) is 5.50. The summed E-state index contributed by atoms with van der Waals surface area (Å²) in [6.07, 6.45) is 4.85. The van der Waals surface area contributed by atoms with Crippen LogP contribution in [0.25, 0.3) is 0 Å². The Balaban J connectivity index is 0.00000242. The molecule has 2 rings (SSSR count). The number of carbonyl (C=O) groups is 1. The van der Waals surface area contributed by atoms with Crippen molar-refractivity contribution in [2.45, 2.75) is 44.8 Å². The highest BCUT2D eigenvalue weighted by molar-refractivity contribution is 5.95. The van der Waals surface area contributed by atoms with Gasteiger partial charge in [-0.2, -0.15) is 0 Å². The second-order valence-corrected chi connectivity index (χ2v) is 5.50. The predicted octanol–water partition coefficient (Wildman–Crippen LogP) is 2.52. The molecule has 0 saturated heterocycles. The van der Waals surface area contributed by atoms with E-state index in [1.165, 1.54) is 12.8 Å². The van der Waals surface area contributed by atoms with Crippen molar-refractivity contribution in [3.05, 3.63) is 23.8 Å². The van der Waals surface area contributed by atoms with E-state index in [0.717, 1.165) is 12.8 Å². The number of halogens is 1. The first-order chi connectivity index (χ1) is 10.1. The topological polar surface area (TPSA) is 73.6 Å². The fraction of sp³-hybridized carbons (Fsp3) is 0.562. The highest BCUT2D eigenvalue weighted by Crippen LogP contribution is 2.32. The van der Waals surface area contributed by atoms with Crippen molar-refractivity contribution in [3.63, 3.8) is 0 Å². The number of methoxy groups -OCH3 is 1. The van der Waals surface area contributed by atoms with Crippen molar-refractivity contribution >= 4 is 18.3 Å². The van der Waals surface area contributed by atoms with Gasteiger partial charge in [-0.15, -0.1) is 12.4 Å². The fourth-order valence-electron chi connectivity index (χ4n) is 2.46. The van der Waals surface area contributed by atoms with Crippen LogP contribution in [-0.2, 0) is 0 Å². The maximum Gasteiger partial charge on any atom is 0.251 e. The normalized spacial score (nSPS) is 15.8. The average Bonchev–Trinajstić information content (AvgIpc) is 3.00. The number of rotatable bonds is 6. The first-order valence-electron chi connectivity index (χ1n) is 7.49. The average molecular weight is 329 g/mol. The highest BCUT2D eigenvalue weighted by atomic mass is 35.5. The Morgan fingerprint density at radius 1 is 1.36 bits per heavy atom. The first-order valence-corrected chi connectivity index (χ1v) is 7.49. The molecule has 1 fully saturated rings. The Morgan fingerprint density at radius 2 is 2.05 bits per heavy atom. The van der Waals surface area contributed by atoms with Crippen LogP contribution in [0.15, 0.2) is 18.2 Å². The number of benzene rings is 1. The zero-order chi connectivity index (χ0) is 15.2. The summed E-state index contributed by atoms with van der Waals surface area (Å²) >= 11 is 0. The molecule has 1 saturated carbocycles. The predicted molar refractivity (Wildman–Crippen MR) is 89.1 cm³/mol. The van der Waals surface area contributed by atoms with Crippen LogP contribution < -0.4 is 20.5 Å². The lowest BCUT2D eigenvalue weighted by molar-refractivity contribution is 0.0941. The van der Waals surface area contributed by atoms with Crippen molar-refractivity contribution in [1.82, 2.24) is 5.32 Å². The lowest BCUT2D eigenvalue weighted by atomic mass is 10.1. The third kappa shape index (κ3) is 4.78. The molecular weight excluding hydrogens is 304 g/mol. The SMILES string of the molecule is COc1cc(C(=O)N[C@@H](C)CN)ccc1OC1CCCC1.Cl. The van der Waals surface area contributed by atoms with Gasteiger partial charge in [-0.25, -0.2) is 0 Å². The monoisotopic (exact) mass is 328 g/mol. The lowest BCUT2D eigenvalue weighted by Crippen LogP contribution is -2.37. The van der Waals surface area contributed by atoms with E-state index in [2.05, 4.69) is 5.32 Å². The van der Waals surface area contributed by atoms with Crippen LogP contribution in [0.3, 0.4) is 0 Å². The van der Waals surface area contributed by atoms with Gasteiger partial charge in [0.15, 0.2) is 11.5 Å². The molecule has 22 heavy (non-hydrogen) atoms. The number of carbonyl (C=O) groups excluding carboxylic acids is 1. The molecule has 1 aromatic rings. The third-order valence-electron chi connectivity index (χ3n) is 3.75. The van der Waals surface area contributed by atoms with E-state index in [1.807, 2.05) is 6.92 Å². The summed E-state index contributed by atoms with van der Waals surface area (Å²) < 4.78 is 11.3. The number of ether oxygens (including phenoxy) is 2. The van der Waals surface area contributed by atoms with Gasteiger partial charge in [-0.1, -0.05) is 0 Å². The van der Waals surface area contributed by atoms with Gasteiger partial charge < -0.3 is 20.5 Å². The molecular formula is C16H25ClN2O3. The van der Waals surface area contributed by atoms with Gasteiger partial charge in [0, 0.05) is 18.2 Å². The first kappa shape index (κ1) is 18.6. The van der Waals surface area contributed by atoms with Crippen molar-refractivity contribution < 1.29 is 14.3 Å². The Morgan fingerprint density at radius 3 is 2.64 bits per heavy atom. The van der Waals surface area contributed by atoms with Crippen molar-refractivity contribution in [1.29, 1.82) is 0 Å². The molecule has 0 bridgehead atoms. The van der Waals surface area contributed by atoms with Gasteiger partial charge in [0.2, 0.25) is 0 Å². The number of hydrogen-bond donors (Lipinski definition) is 2. The molecule has 0 unspecified atom stereocenters. The van der Waals surface area contributed by atoms with Gasteiger partial charge in [-0.05, 0) is 50.8 Å². The molecule has 5 nitrogen and oxygen atoms in total. The quantitative estimate of drug-likeness (QED) is 0.841. The van der Waals surface area contributed by atoms with Crippen LogP contribution in [0.4, 0.5) is 0 Å². The summed E-state index contributed by atoms with van der Waals surface area (Å²) in [7, 11) is 1.58. The van der Waals surface area contributed by atoms with Crippen molar-refractivity contribution in [2.24, 2.45) is 5.73 Å². The van der Waals surface area contributed by atoms with Crippen LogP contribution in [0.5, 0.6) is 11.5 Å². The minimum Gasteiger partial charge on any atom is -0.493 e. The van der Waals surface area contributed by atoms with Crippen LogP contribution >= 0.6 is 12.4 Å². The van der Waals surface area contributed by atoms with E-state index in [4.69, 9.17) is 15.2 Å². The van der Waals surface area contributed by atoms with E-state index in [1.54, 1.807) is 25.3 Å². The third-order valence-corrected chi connectivity index (χ3v) is 3.75. The molecule has 1 amide bonds. The zero-order valence-electron chi connectivity index (χ0n) is 13.1. The number of nitrogens with two attached hydrogens (primary N) is 1. The zero-order valence-corrected chi connectivity index (χ0v) is 13.9. The summed E-state index contributed by atoms with van der Waals surface area (Å²) in [5.41, 5.74) is 6.06. The maximum absolute atomic E-state index is 12.1. The molecule has 6 heteroatoms. The van der Waals surface area contributed by atoms with Gasteiger partial charge in [0.1, 0.15) is 0 Å². The molecule has 0 radical (unpaired) electrons. The van der Waals surface area contributed by atoms with E-state index < -0.39 is 0 Å². The Bertz CT molecular complexity index is 490. The van der Waals surface area contributed by atoms with Gasteiger partial charge in [0.25, 0.3) is 5.91 Å². The van der Waals surface area contributed by atoms with E-state index in [9.17, 15) is 4.79 Å². The van der Waals surface area contributed by atoms with Crippen LogP contribution in [-0.4, -0.2) is 31.7 Å². The molecule has 124 valence electrons. The molecule has 0 aliphatic heterocycles. The van der Waals surface area contributed by atoms with Gasteiger partial charge in [-0.3, -0.25) is 4.79 Å². The Labute approximate surface area is 138 Å². The van der Waals surface area contributed by atoms with E-state index >= 15 is 0 Å². The Hall–Kier alpha value is -1.46. The molecule has 0 aromatic heterocycles. The van der Waals surface area contributed by atoms with Crippen molar-refractivity contribution in [2.75, 3.05) is 13.7 Å². The van der Waals surface area contributed by atoms with Crippen molar-refractivity contribution in [3.8, 4) is 11.5 Å². The Kier molecular flexibility index (Phi) is 7.48. The molecule has 0 spiro atoms. The summed E-state index contributed by atoms with van der Waals surface area (Å²) in [5.74, 6) is 1.14. The minimum atomic E-state index is -0.154. The maximum atomic E-state index is 12.1. The summed E-state index contributed by atoms with van der Waals surface area (Å²) in [6, 6.07) is 5.21. The van der Waals surface area contributed by atoms with Gasteiger partial charge in [0.05, 0.1) is 13.2 Å². The molecule has 1 aromatic carbocycles. The molecule has 1 aliphatic rings. The van der Waals surface area contributed by atoms with Crippen LogP contribution in [0.1, 0.15) is 43.0 Å². The summed E-state index contributed by atoms with van der Waals surface area (Å²) in [4.78, 5) is 12.1. The number of amides is 1. The summed E-state index contributed by atoms with van der Waals surface area (Å²) in [5, 5.41) is 2.83.